The number of nitrogens with one attached hydrogen (secondary N) is 1. The third-order valence-corrected chi connectivity index (χ3v) is 4.35. The molecule has 1 saturated heterocycles. The van der Waals surface area contributed by atoms with Crippen LogP contribution in [0.2, 0.25) is 0 Å². The van der Waals surface area contributed by atoms with Crippen LogP contribution in [0.4, 0.5) is 4.79 Å². The highest BCUT2D eigenvalue weighted by Crippen LogP contribution is 2.25. The summed E-state index contributed by atoms with van der Waals surface area (Å²) in [6, 6.07) is 7.33. The molecule has 0 bridgehead atoms. The molecular formula is C14H12ClN3O2S. The van der Waals surface area contributed by atoms with E-state index in [4.69, 9.17) is 11.6 Å². The van der Waals surface area contributed by atoms with Crippen molar-refractivity contribution >= 4 is 34.9 Å². The molecule has 5 nitrogen and oxygen atoms in total. The molecule has 3 rings (SSSR count). The number of thiazole rings is 1. The normalized spacial score (nSPS) is 14.6. The second-order valence-corrected chi connectivity index (χ2v) is 5.74. The molecule has 3 amide bonds. The van der Waals surface area contributed by atoms with E-state index >= 15 is 0 Å². The number of amides is 3. The Bertz CT molecular complexity index is 685. The van der Waals surface area contributed by atoms with Crippen molar-refractivity contribution < 1.29 is 9.59 Å². The number of imide groups is 1. The van der Waals surface area contributed by atoms with Crippen molar-refractivity contribution in [1.29, 1.82) is 0 Å². The highest BCUT2D eigenvalue weighted by molar-refractivity contribution is 7.13. The number of nitrogens with zero attached hydrogens (tertiary/aromatic N) is 2. The predicted octanol–water partition coefficient (Wildman–Crippen LogP) is 2.60. The van der Waals surface area contributed by atoms with Crippen LogP contribution in [0.5, 0.6) is 0 Å². The summed E-state index contributed by atoms with van der Waals surface area (Å²) in [7, 11) is 0. The average molecular weight is 322 g/mol. The maximum Gasteiger partial charge on any atom is 0.324 e. The van der Waals surface area contributed by atoms with Gasteiger partial charge < -0.3 is 5.32 Å². The molecule has 2 heterocycles. The molecule has 1 aromatic carbocycles. The second kappa shape index (κ2) is 5.83. The highest BCUT2D eigenvalue weighted by Gasteiger charge is 2.28. The molecule has 21 heavy (non-hydrogen) atoms. The Balaban J connectivity index is 1.83. The lowest BCUT2D eigenvalue weighted by Crippen LogP contribution is -2.30. The fourth-order valence-corrected chi connectivity index (χ4v) is 3.15. The van der Waals surface area contributed by atoms with Crippen LogP contribution in [0.15, 0.2) is 29.6 Å². The van der Waals surface area contributed by atoms with E-state index in [0.717, 1.165) is 21.8 Å². The van der Waals surface area contributed by atoms with Crippen molar-refractivity contribution in [2.75, 3.05) is 6.54 Å². The van der Waals surface area contributed by atoms with Gasteiger partial charge in [0.15, 0.2) is 0 Å². The molecule has 0 atom stereocenters. The van der Waals surface area contributed by atoms with E-state index in [1.807, 2.05) is 29.6 Å². The Morgan fingerprint density at radius 3 is 2.90 bits per heavy atom. The van der Waals surface area contributed by atoms with Gasteiger partial charge in [0.25, 0.3) is 0 Å². The first kappa shape index (κ1) is 14.0. The van der Waals surface area contributed by atoms with Crippen LogP contribution in [0, 0.1) is 0 Å². The molecule has 0 unspecified atom stereocenters. The van der Waals surface area contributed by atoms with Gasteiger partial charge >= 0.3 is 6.03 Å². The summed E-state index contributed by atoms with van der Waals surface area (Å²) in [6.07, 6.45) is 0. The van der Waals surface area contributed by atoms with Gasteiger partial charge in [-0.3, -0.25) is 9.69 Å². The summed E-state index contributed by atoms with van der Waals surface area (Å²) >= 11 is 7.28. The number of hydrogen-bond donors (Lipinski definition) is 1. The summed E-state index contributed by atoms with van der Waals surface area (Å²) < 4.78 is 0. The molecule has 0 aliphatic carbocycles. The molecular weight excluding hydrogens is 310 g/mol. The molecule has 0 radical (unpaired) electrons. The predicted molar refractivity (Wildman–Crippen MR) is 81.1 cm³/mol. The first-order valence-electron chi connectivity index (χ1n) is 6.35. The zero-order valence-electron chi connectivity index (χ0n) is 11.0. The van der Waals surface area contributed by atoms with E-state index in [1.165, 1.54) is 16.2 Å². The number of rotatable bonds is 4. The molecule has 1 aromatic heterocycles. The lowest BCUT2D eigenvalue weighted by Gasteiger charge is -2.12. The number of benzene rings is 1. The second-order valence-electron chi connectivity index (χ2n) is 4.62. The lowest BCUT2D eigenvalue weighted by atomic mass is 10.1. The zero-order chi connectivity index (χ0) is 14.8. The van der Waals surface area contributed by atoms with Crippen molar-refractivity contribution in [3.63, 3.8) is 0 Å². The molecule has 1 N–H and O–H groups in total. The number of alkyl halides is 1. The van der Waals surface area contributed by atoms with E-state index in [2.05, 4.69) is 10.3 Å². The summed E-state index contributed by atoms with van der Waals surface area (Å²) in [5.74, 6) is 0.183. The van der Waals surface area contributed by atoms with Crippen molar-refractivity contribution in [2.45, 2.75) is 12.4 Å². The number of carbonyl (C=O) groups excluding carboxylic acids is 2. The minimum atomic E-state index is -0.343. The quantitative estimate of drug-likeness (QED) is 0.695. The zero-order valence-corrected chi connectivity index (χ0v) is 12.6. The van der Waals surface area contributed by atoms with E-state index in [1.54, 1.807) is 0 Å². The highest BCUT2D eigenvalue weighted by atomic mass is 35.5. The van der Waals surface area contributed by atoms with Crippen LogP contribution < -0.4 is 5.32 Å². The fourth-order valence-electron chi connectivity index (χ4n) is 2.10. The first-order valence-corrected chi connectivity index (χ1v) is 7.76. The van der Waals surface area contributed by atoms with Gasteiger partial charge in [0.1, 0.15) is 5.01 Å². The van der Waals surface area contributed by atoms with E-state index < -0.39 is 0 Å². The van der Waals surface area contributed by atoms with Crippen molar-refractivity contribution in [3.05, 3.63) is 40.9 Å². The minimum Gasteiger partial charge on any atom is -0.329 e. The Hall–Kier alpha value is -1.92. The Morgan fingerprint density at radius 2 is 2.24 bits per heavy atom. The number of carbonyl (C=O) groups is 2. The van der Waals surface area contributed by atoms with Gasteiger partial charge in [-0.25, -0.2) is 9.78 Å². The van der Waals surface area contributed by atoms with Crippen LogP contribution in [0.1, 0.15) is 11.3 Å². The SMILES string of the molecule is O=C1CNC(=O)N1Cc1cccc(-c2nc(CCl)cs2)c1. The van der Waals surface area contributed by atoms with E-state index in [9.17, 15) is 9.59 Å². The van der Waals surface area contributed by atoms with Gasteiger partial charge in [0, 0.05) is 10.9 Å². The van der Waals surface area contributed by atoms with E-state index in [0.29, 0.717) is 5.88 Å². The smallest absolute Gasteiger partial charge is 0.324 e. The number of aromatic nitrogens is 1. The minimum absolute atomic E-state index is 0.0735. The van der Waals surface area contributed by atoms with Gasteiger partial charge in [0.2, 0.25) is 5.91 Å². The van der Waals surface area contributed by atoms with Crippen LogP contribution in [-0.4, -0.2) is 28.4 Å². The van der Waals surface area contributed by atoms with Crippen molar-refractivity contribution in [1.82, 2.24) is 15.2 Å². The Morgan fingerprint density at radius 1 is 1.38 bits per heavy atom. The number of hydrogen-bond acceptors (Lipinski definition) is 4. The monoisotopic (exact) mass is 321 g/mol. The van der Waals surface area contributed by atoms with Crippen LogP contribution in [0.3, 0.4) is 0 Å². The third-order valence-electron chi connectivity index (χ3n) is 3.14. The maximum absolute atomic E-state index is 11.6. The molecule has 108 valence electrons. The molecule has 1 aliphatic rings. The van der Waals surface area contributed by atoms with Gasteiger partial charge in [-0.1, -0.05) is 18.2 Å². The summed E-state index contributed by atoms with van der Waals surface area (Å²) in [4.78, 5) is 28.8. The van der Waals surface area contributed by atoms with Crippen molar-refractivity contribution in [3.8, 4) is 10.6 Å². The molecule has 1 fully saturated rings. The number of halogens is 1. The van der Waals surface area contributed by atoms with E-state index in [-0.39, 0.29) is 25.0 Å². The Kier molecular flexibility index (Phi) is 3.90. The summed E-state index contributed by atoms with van der Waals surface area (Å²) in [6.45, 7) is 0.344. The molecule has 7 heteroatoms. The lowest BCUT2D eigenvalue weighted by molar-refractivity contribution is -0.125. The maximum atomic E-state index is 11.6. The van der Waals surface area contributed by atoms with Gasteiger partial charge in [-0.15, -0.1) is 22.9 Å². The third kappa shape index (κ3) is 2.91. The van der Waals surface area contributed by atoms with Gasteiger partial charge in [-0.2, -0.15) is 0 Å². The first-order chi connectivity index (χ1) is 10.2. The molecule has 1 aliphatic heterocycles. The van der Waals surface area contributed by atoms with Crippen LogP contribution >= 0.6 is 22.9 Å². The molecule has 2 aromatic rings. The fraction of sp³-hybridized carbons (Fsp3) is 0.214. The van der Waals surface area contributed by atoms with Gasteiger partial charge in [0.05, 0.1) is 24.7 Å². The average Bonchev–Trinajstić information content (AvgIpc) is 3.10. The van der Waals surface area contributed by atoms with Crippen molar-refractivity contribution in [2.24, 2.45) is 0 Å². The number of urea groups is 1. The van der Waals surface area contributed by atoms with Crippen LogP contribution in [0.25, 0.3) is 10.6 Å². The standard InChI is InChI=1S/C14H12ClN3O2S/c15-5-11-8-21-13(17-11)10-3-1-2-9(4-10)7-18-12(19)6-16-14(18)20/h1-4,8H,5-7H2,(H,16,20). The molecule has 0 saturated carbocycles. The van der Waals surface area contributed by atoms with Gasteiger partial charge in [-0.05, 0) is 11.6 Å². The summed E-state index contributed by atoms with van der Waals surface area (Å²) in [5.41, 5.74) is 2.69. The topological polar surface area (TPSA) is 62.3 Å². The Labute approximate surface area is 130 Å². The van der Waals surface area contributed by atoms with Crippen LogP contribution in [-0.2, 0) is 17.2 Å². The molecule has 0 spiro atoms. The largest absolute Gasteiger partial charge is 0.329 e. The summed E-state index contributed by atoms with van der Waals surface area (Å²) in [5, 5.41) is 5.31.